The second-order valence-electron chi connectivity index (χ2n) is 5.43. The number of nitrogens with zero attached hydrogens (tertiary/aromatic N) is 2. The number of hydrogen-bond donors (Lipinski definition) is 1. The van der Waals surface area contributed by atoms with Gasteiger partial charge in [-0.15, -0.1) is 0 Å². The summed E-state index contributed by atoms with van der Waals surface area (Å²) < 4.78 is 5.42. The summed E-state index contributed by atoms with van der Waals surface area (Å²) in [5.41, 5.74) is -0.355. The van der Waals surface area contributed by atoms with E-state index in [0.29, 0.717) is 13.1 Å². The van der Waals surface area contributed by atoms with Crippen molar-refractivity contribution in [3.05, 3.63) is 0 Å². The van der Waals surface area contributed by atoms with E-state index in [9.17, 15) is 9.59 Å². The van der Waals surface area contributed by atoms with Gasteiger partial charge in [0, 0.05) is 20.2 Å². The van der Waals surface area contributed by atoms with E-state index in [1.165, 1.54) is 4.90 Å². The van der Waals surface area contributed by atoms with Gasteiger partial charge in [0.1, 0.15) is 6.54 Å². The zero-order valence-electron chi connectivity index (χ0n) is 12.0. The third-order valence-electron chi connectivity index (χ3n) is 3.67. The van der Waals surface area contributed by atoms with Crippen LogP contribution in [0.4, 0.5) is 0 Å². The lowest BCUT2D eigenvalue weighted by Gasteiger charge is -2.41. The van der Waals surface area contributed by atoms with Crippen molar-refractivity contribution >= 4 is 11.9 Å². The molecule has 0 aromatic carbocycles. The molecule has 1 amide bonds. The highest BCUT2D eigenvalue weighted by Crippen LogP contribution is 2.38. The van der Waals surface area contributed by atoms with Crippen LogP contribution in [-0.2, 0) is 14.3 Å². The minimum Gasteiger partial charge on any atom is -0.480 e. The molecule has 1 aliphatic carbocycles. The lowest BCUT2D eigenvalue weighted by Crippen LogP contribution is -2.47. The Kier molecular flexibility index (Phi) is 5.75. The number of carboxylic acid groups (broad SMARTS) is 1. The van der Waals surface area contributed by atoms with Crippen LogP contribution in [0.2, 0.25) is 0 Å². The molecule has 1 rings (SSSR count). The summed E-state index contributed by atoms with van der Waals surface area (Å²) >= 11 is 0. The van der Waals surface area contributed by atoms with Gasteiger partial charge in [-0.2, -0.15) is 0 Å². The first-order valence-electron chi connectivity index (χ1n) is 6.58. The molecule has 0 aromatic rings. The molecule has 1 N–H and O–H groups in total. The Morgan fingerprint density at radius 1 is 1.26 bits per heavy atom. The SMILES string of the molecule is COC1(CC(=O)N(CCN(C)C)CC(=O)O)CCC1. The first-order valence-corrected chi connectivity index (χ1v) is 6.58. The Labute approximate surface area is 114 Å². The highest BCUT2D eigenvalue weighted by molar-refractivity contribution is 5.82. The minimum absolute atomic E-state index is 0.134. The highest BCUT2D eigenvalue weighted by atomic mass is 16.5. The third kappa shape index (κ3) is 4.80. The maximum Gasteiger partial charge on any atom is 0.323 e. The first-order chi connectivity index (χ1) is 8.88. The number of methoxy groups -OCH3 is 1. The predicted molar refractivity (Wildman–Crippen MR) is 71.0 cm³/mol. The molecule has 1 fully saturated rings. The van der Waals surface area contributed by atoms with Crippen molar-refractivity contribution < 1.29 is 19.4 Å². The quantitative estimate of drug-likeness (QED) is 0.693. The van der Waals surface area contributed by atoms with Crippen molar-refractivity contribution in [1.82, 2.24) is 9.80 Å². The average Bonchev–Trinajstić information content (AvgIpc) is 2.28. The fourth-order valence-corrected chi connectivity index (χ4v) is 2.19. The van der Waals surface area contributed by atoms with E-state index < -0.39 is 5.97 Å². The van der Waals surface area contributed by atoms with Crippen LogP contribution < -0.4 is 0 Å². The molecule has 6 nitrogen and oxygen atoms in total. The van der Waals surface area contributed by atoms with E-state index in [1.54, 1.807) is 7.11 Å². The van der Waals surface area contributed by atoms with Gasteiger partial charge in [-0.25, -0.2) is 0 Å². The summed E-state index contributed by atoms with van der Waals surface area (Å²) in [6, 6.07) is 0. The van der Waals surface area contributed by atoms with Gasteiger partial charge in [0.2, 0.25) is 5.91 Å². The zero-order valence-corrected chi connectivity index (χ0v) is 12.0. The van der Waals surface area contributed by atoms with Gasteiger partial charge in [0.05, 0.1) is 12.0 Å². The molecule has 0 heterocycles. The van der Waals surface area contributed by atoms with Gasteiger partial charge in [0.15, 0.2) is 0 Å². The van der Waals surface area contributed by atoms with Crippen molar-refractivity contribution in [3.8, 4) is 0 Å². The van der Waals surface area contributed by atoms with E-state index in [2.05, 4.69) is 0 Å². The first kappa shape index (κ1) is 15.9. The standard InChI is InChI=1S/C13H24N2O4/c1-14(2)7-8-15(10-12(17)18)11(16)9-13(19-3)5-4-6-13/h4-10H2,1-3H3,(H,17,18). The molecule has 110 valence electrons. The molecular weight excluding hydrogens is 248 g/mol. The van der Waals surface area contributed by atoms with E-state index in [1.807, 2.05) is 19.0 Å². The van der Waals surface area contributed by atoms with E-state index >= 15 is 0 Å². The minimum atomic E-state index is -0.979. The molecule has 1 saturated carbocycles. The Balaban J connectivity index is 2.57. The lowest BCUT2D eigenvalue weighted by atomic mass is 9.77. The largest absolute Gasteiger partial charge is 0.480 e. The van der Waals surface area contributed by atoms with Gasteiger partial charge in [-0.3, -0.25) is 9.59 Å². The van der Waals surface area contributed by atoms with Crippen LogP contribution in [-0.4, -0.2) is 73.2 Å². The second-order valence-corrected chi connectivity index (χ2v) is 5.43. The maximum absolute atomic E-state index is 12.2. The summed E-state index contributed by atoms with van der Waals surface area (Å²) in [7, 11) is 5.41. The number of aliphatic carboxylic acids is 1. The Hall–Kier alpha value is -1.14. The number of carboxylic acids is 1. The zero-order chi connectivity index (χ0) is 14.5. The normalized spacial score (nSPS) is 17.1. The van der Waals surface area contributed by atoms with Crippen LogP contribution in [0.5, 0.6) is 0 Å². The Bertz CT molecular complexity index is 321. The van der Waals surface area contributed by atoms with Gasteiger partial charge < -0.3 is 19.6 Å². The van der Waals surface area contributed by atoms with E-state index in [4.69, 9.17) is 9.84 Å². The van der Waals surface area contributed by atoms with Crippen LogP contribution in [0.3, 0.4) is 0 Å². The van der Waals surface area contributed by atoms with Crippen molar-refractivity contribution in [1.29, 1.82) is 0 Å². The topological polar surface area (TPSA) is 70.1 Å². The highest BCUT2D eigenvalue weighted by Gasteiger charge is 2.40. The Morgan fingerprint density at radius 3 is 2.26 bits per heavy atom. The lowest BCUT2D eigenvalue weighted by molar-refractivity contribution is -0.151. The number of amides is 1. The summed E-state index contributed by atoms with van der Waals surface area (Å²) in [5.74, 6) is -1.11. The second kappa shape index (κ2) is 6.86. The predicted octanol–water partition coefficient (Wildman–Crippen LogP) is 0.420. The van der Waals surface area contributed by atoms with Crippen LogP contribution in [0, 0.1) is 0 Å². The molecule has 0 spiro atoms. The molecule has 19 heavy (non-hydrogen) atoms. The number of carbonyl (C=O) groups is 2. The third-order valence-corrected chi connectivity index (χ3v) is 3.67. The number of hydrogen-bond acceptors (Lipinski definition) is 4. The molecule has 0 saturated heterocycles. The van der Waals surface area contributed by atoms with Crippen LogP contribution in [0.25, 0.3) is 0 Å². The number of ether oxygens (including phenoxy) is 1. The molecule has 0 radical (unpaired) electrons. The molecule has 0 aliphatic heterocycles. The van der Waals surface area contributed by atoms with Crippen molar-refractivity contribution in [2.45, 2.75) is 31.3 Å². The van der Waals surface area contributed by atoms with Gasteiger partial charge >= 0.3 is 5.97 Å². The summed E-state index contributed by atoms with van der Waals surface area (Å²) in [4.78, 5) is 26.4. The molecule has 0 aromatic heterocycles. The number of carbonyl (C=O) groups excluding carboxylic acids is 1. The van der Waals surface area contributed by atoms with Crippen LogP contribution in [0.15, 0.2) is 0 Å². The molecule has 0 atom stereocenters. The van der Waals surface area contributed by atoms with Gasteiger partial charge in [0.25, 0.3) is 0 Å². The molecule has 0 bridgehead atoms. The van der Waals surface area contributed by atoms with Crippen molar-refractivity contribution in [2.24, 2.45) is 0 Å². The molecule has 0 unspecified atom stereocenters. The van der Waals surface area contributed by atoms with Gasteiger partial charge in [-0.05, 0) is 33.4 Å². The fraction of sp³-hybridized carbons (Fsp3) is 0.846. The van der Waals surface area contributed by atoms with E-state index in [-0.39, 0.29) is 24.5 Å². The van der Waals surface area contributed by atoms with E-state index in [0.717, 1.165) is 19.3 Å². The summed E-state index contributed by atoms with van der Waals surface area (Å²) in [5, 5.41) is 8.89. The smallest absolute Gasteiger partial charge is 0.323 e. The molecule has 1 aliphatic rings. The number of likely N-dealkylation sites (N-methyl/N-ethyl adjacent to an activating group) is 1. The van der Waals surface area contributed by atoms with Crippen molar-refractivity contribution in [3.63, 3.8) is 0 Å². The van der Waals surface area contributed by atoms with Crippen LogP contribution >= 0.6 is 0 Å². The Morgan fingerprint density at radius 2 is 1.89 bits per heavy atom. The molecule has 6 heteroatoms. The van der Waals surface area contributed by atoms with Crippen molar-refractivity contribution in [2.75, 3.05) is 40.8 Å². The molecular formula is C13H24N2O4. The monoisotopic (exact) mass is 272 g/mol. The number of rotatable bonds is 8. The van der Waals surface area contributed by atoms with Gasteiger partial charge in [-0.1, -0.05) is 0 Å². The fourth-order valence-electron chi connectivity index (χ4n) is 2.19. The summed E-state index contributed by atoms with van der Waals surface area (Å²) in [6.07, 6.45) is 3.11. The average molecular weight is 272 g/mol. The summed E-state index contributed by atoms with van der Waals surface area (Å²) in [6.45, 7) is 0.837. The maximum atomic E-state index is 12.2. The van der Waals surface area contributed by atoms with Crippen LogP contribution in [0.1, 0.15) is 25.7 Å².